The second kappa shape index (κ2) is 6.99. The second-order valence-electron chi connectivity index (χ2n) is 5.37. The Morgan fingerprint density at radius 2 is 2.04 bits per heavy atom. The van der Waals surface area contributed by atoms with Crippen molar-refractivity contribution < 1.29 is 9.84 Å². The van der Waals surface area contributed by atoms with Crippen LogP contribution in [-0.2, 0) is 6.54 Å². The van der Waals surface area contributed by atoms with Crippen LogP contribution < -0.4 is 4.74 Å². The van der Waals surface area contributed by atoms with Gasteiger partial charge in [-0.1, -0.05) is 36.4 Å². The van der Waals surface area contributed by atoms with E-state index < -0.39 is 6.10 Å². The maximum atomic E-state index is 10.6. The summed E-state index contributed by atoms with van der Waals surface area (Å²) in [6, 6.07) is 17.0. The van der Waals surface area contributed by atoms with Gasteiger partial charge < -0.3 is 14.4 Å². The molecule has 0 bridgehead atoms. The van der Waals surface area contributed by atoms with Crippen molar-refractivity contribution in [1.29, 1.82) is 5.26 Å². The minimum atomic E-state index is -0.796. The highest BCUT2D eigenvalue weighted by molar-refractivity contribution is 5.45. The molecule has 24 heavy (non-hydrogen) atoms. The number of aromatic nitrogens is 2. The SMILES string of the molecule is COc1ccc(Cn2ccnc2[C@@H](O)c2ccccc2)cc1C#N. The van der Waals surface area contributed by atoms with Gasteiger partial charge in [-0.3, -0.25) is 0 Å². The van der Waals surface area contributed by atoms with E-state index in [9.17, 15) is 10.4 Å². The molecule has 1 atom stereocenters. The Morgan fingerprint density at radius 1 is 1.25 bits per heavy atom. The maximum absolute atomic E-state index is 10.6. The first-order valence-corrected chi connectivity index (χ1v) is 7.54. The summed E-state index contributed by atoms with van der Waals surface area (Å²) in [6.07, 6.45) is 2.68. The smallest absolute Gasteiger partial charge is 0.142 e. The Balaban J connectivity index is 1.88. The normalized spacial score (nSPS) is 11.7. The number of ether oxygens (including phenoxy) is 1. The fourth-order valence-electron chi connectivity index (χ4n) is 2.62. The highest BCUT2D eigenvalue weighted by atomic mass is 16.5. The number of methoxy groups -OCH3 is 1. The van der Waals surface area contributed by atoms with Crippen molar-refractivity contribution in [3.8, 4) is 11.8 Å². The minimum absolute atomic E-state index is 0.486. The molecule has 1 aromatic heterocycles. The molecule has 120 valence electrons. The Bertz CT molecular complexity index is 866. The van der Waals surface area contributed by atoms with E-state index in [1.165, 1.54) is 0 Å². The van der Waals surface area contributed by atoms with E-state index in [4.69, 9.17) is 4.74 Å². The number of aliphatic hydroxyl groups excluding tert-OH is 1. The van der Waals surface area contributed by atoms with Crippen LogP contribution in [0.15, 0.2) is 60.9 Å². The fraction of sp³-hybridized carbons (Fsp3) is 0.158. The zero-order valence-corrected chi connectivity index (χ0v) is 13.3. The van der Waals surface area contributed by atoms with Crippen molar-refractivity contribution in [3.05, 3.63) is 83.4 Å². The topological polar surface area (TPSA) is 71.1 Å². The lowest BCUT2D eigenvalue weighted by Gasteiger charge is -2.14. The predicted molar refractivity (Wildman–Crippen MR) is 89.5 cm³/mol. The highest BCUT2D eigenvalue weighted by Gasteiger charge is 2.16. The fourth-order valence-corrected chi connectivity index (χ4v) is 2.62. The summed E-state index contributed by atoms with van der Waals surface area (Å²) in [5.74, 6) is 1.12. The van der Waals surface area contributed by atoms with Crippen LogP contribution in [0.1, 0.15) is 28.6 Å². The van der Waals surface area contributed by atoms with E-state index >= 15 is 0 Å². The van der Waals surface area contributed by atoms with Gasteiger partial charge in [-0.25, -0.2) is 4.98 Å². The van der Waals surface area contributed by atoms with E-state index in [0.29, 0.717) is 23.7 Å². The average molecular weight is 319 g/mol. The number of aliphatic hydroxyl groups is 1. The molecule has 0 unspecified atom stereocenters. The Kier molecular flexibility index (Phi) is 4.59. The molecular formula is C19H17N3O2. The molecule has 0 aliphatic carbocycles. The van der Waals surface area contributed by atoms with Gasteiger partial charge in [0.05, 0.1) is 12.7 Å². The quantitative estimate of drug-likeness (QED) is 0.785. The molecule has 0 fully saturated rings. The molecule has 3 aromatic rings. The molecule has 3 rings (SSSR count). The van der Waals surface area contributed by atoms with E-state index in [1.807, 2.05) is 47.2 Å². The van der Waals surface area contributed by atoms with Crippen LogP contribution in [0.3, 0.4) is 0 Å². The van der Waals surface area contributed by atoms with Gasteiger partial charge in [-0.2, -0.15) is 5.26 Å². The molecular weight excluding hydrogens is 302 g/mol. The summed E-state index contributed by atoms with van der Waals surface area (Å²) >= 11 is 0. The zero-order valence-electron chi connectivity index (χ0n) is 13.3. The van der Waals surface area contributed by atoms with Gasteiger partial charge in [0.25, 0.3) is 0 Å². The molecule has 0 spiro atoms. The monoisotopic (exact) mass is 319 g/mol. The number of benzene rings is 2. The summed E-state index contributed by atoms with van der Waals surface area (Å²) in [5.41, 5.74) is 2.21. The number of hydrogen-bond acceptors (Lipinski definition) is 4. The summed E-state index contributed by atoms with van der Waals surface area (Å²) in [4.78, 5) is 4.29. The molecule has 0 saturated heterocycles. The molecule has 5 heteroatoms. The van der Waals surface area contributed by atoms with Crippen LogP contribution in [-0.4, -0.2) is 21.8 Å². The molecule has 0 radical (unpaired) electrons. The summed E-state index contributed by atoms with van der Waals surface area (Å²) in [5, 5.41) is 19.8. The van der Waals surface area contributed by atoms with E-state index in [1.54, 1.807) is 25.4 Å². The average Bonchev–Trinajstić information content (AvgIpc) is 3.09. The molecule has 0 aliphatic heterocycles. The van der Waals surface area contributed by atoms with Crippen LogP contribution >= 0.6 is 0 Å². The largest absolute Gasteiger partial charge is 0.495 e. The summed E-state index contributed by atoms with van der Waals surface area (Å²) in [6.45, 7) is 0.512. The molecule has 1 heterocycles. The number of nitriles is 1. The van der Waals surface area contributed by atoms with Crippen LogP contribution in [0.25, 0.3) is 0 Å². The Morgan fingerprint density at radius 3 is 2.75 bits per heavy atom. The molecule has 0 amide bonds. The zero-order chi connectivity index (χ0) is 16.9. The van der Waals surface area contributed by atoms with Crippen LogP contribution in [0, 0.1) is 11.3 Å². The van der Waals surface area contributed by atoms with Crippen molar-refractivity contribution >= 4 is 0 Å². The van der Waals surface area contributed by atoms with E-state index in [2.05, 4.69) is 11.1 Å². The number of rotatable bonds is 5. The van der Waals surface area contributed by atoms with Crippen molar-refractivity contribution in [2.75, 3.05) is 7.11 Å². The lowest BCUT2D eigenvalue weighted by atomic mass is 10.1. The first-order chi connectivity index (χ1) is 11.7. The van der Waals surface area contributed by atoms with Gasteiger partial charge in [0.2, 0.25) is 0 Å². The lowest BCUT2D eigenvalue weighted by Crippen LogP contribution is -2.10. The summed E-state index contributed by atoms with van der Waals surface area (Å²) < 4.78 is 7.04. The molecule has 0 aliphatic rings. The minimum Gasteiger partial charge on any atom is -0.495 e. The number of imidazole rings is 1. The van der Waals surface area contributed by atoms with Crippen LogP contribution in [0.4, 0.5) is 0 Å². The van der Waals surface area contributed by atoms with Gasteiger partial charge in [-0.15, -0.1) is 0 Å². The summed E-state index contributed by atoms with van der Waals surface area (Å²) in [7, 11) is 1.54. The number of hydrogen-bond donors (Lipinski definition) is 1. The standard InChI is InChI=1S/C19H17N3O2/c1-24-17-8-7-14(11-16(17)12-20)13-22-10-9-21-19(22)18(23)15-5-3-2-4-6-15/h2-11,18,23H,13H2,1H3/t18-/m0/s1. The first-order valence-electron chi connectivity index (χ1n) is 7.54. The Labute approximate surface area is 140 Å². The van der Waals surface area contributed by atoms with Crippen LogP contribution in [0.2, 0.25) is 0 Å². The molecule has 1 N–H and O–H groups in total. The third kappa shape index (κ3) is 3.14. The van der Waals surface area contributed by atoms with Gasteiger partial charge in [0, 0.05) is 18.9 Å². The van der Waals surface area contributed by atoms with Gasteiger partial charge in [0.1, 0.15) is 23.7 Å². The molecule has 2 aromatic carbocycles. The predicted octanol–water partition coefficient (Wildman–Crippen LogP) is 2.89. The van der Waals surface area contributed by atoms with E-state index in [0.717, 1.165) is 11.1 Å². The highest BCUT2D eigenvalue weighted by Crippen LogP contribution is 2.23. The third-order valence-corrected chi connectivity index (χ3v) is 3.84. The van der Waals surface area contributed by atoms with Crippen LogP contribution in [0.5, 0.6) is 5.75 Å². The third-order valence-electron chi connectivity index (χ3n) is 3.84. The van der Waals surface area contributed by atoms with Crippen molar-refractivity contribution in [3.63, 3.8) is 0 Å². The first kappa shape index (κ1) is 15.8. The van der Waals surface area contributed by atoms with Crippen molar-refractivity contribution in [2.45, 2.75) is 12.6 Å². The Hall–Kier alpha value is -3.10. The maximum Gasteiger partial charge on any atom is 0.142 e. The van der Waals surface area contributed by atoms with Crippen molar-refractivity contribution in [1.82, 2.24) is 9.55 Å². The molecule has 0 saturated carbocycles. The number of nitrogens with zero attached hydrogens (tertiary/aromatic N) is 3. The van der Waals surface area contributed by atoms with Gasteiger partial charge in [-0.05, 0) is 23.3 Å². The lowest BCUT2D eigenvalue weighted by molar-refractivity contribution is 0.205. The van der Waals surface area contributed by atoms with Gasteiger partial charge in [0.15, 0.2) is 0 Å². The van der Waals surface area contributed by atoms with E-state index in [-0.39, 0.29) is 0 Å². The van der Waals surface area contributed by atoms with Crippen molar-refractivity contribution in [2.24, 2.45) is 0 Å². The molecule has 5 nitrogen and oxygen atoms in total. The second-order valence-corrected chi connectivity index (χ2v) is 5.37. The van der Waals surface area contributed by atoms with Gasteiger partial charge >= 0.3 is 0 Å².